The van der Waals surface area contributed by atoms with Gasteiger partial charge in [0.15, 0.2) is 5.78 Å². The van der Waals surface area contributed by atoms with E-state index in [-0.39, 0.29) is 31.3 Å². The highest BCUT2D eigenvalue weighted by Crippen LogP contribution is 2.72. The molecule has 11 heteroatoms. The van der Waals surface area contributed by atoms with E-state index in [0.29, 0.717) is 5.57 Å². The van der Waals surface area contributed by atoms with Crippen LogP contribution in [0.3, 0.4) is 0 Å². The first-order valence-electron chi connectivity index (χ1n) is 13.6. The smallest absolute Gasteiger partial charge is 0.348 e. The summed E-state index contributed by atoms with van der Waals surface area (Å²) in [6.45, 7) is 8.80. The molecule has 0 aromatic carbocycles. The van der Waals surface area contributed by atoms with Crippen molar-refractivity contribution in [3.63, 3.8) is 0 Å². The third-order valence-corrected chi connectivity index (χ3v) is 10.7. The summed E-state index contributed by atoms with van der Waals surface area (Å²) in [5.41, 5.74) is -4.30. The summed E-state index contributed by atoms with van der Waals surface area (Å²) >= 11 is 0. The average molecular weight is 551 g/mol. The summed E-state index contributed by atoms with van der Waals surface area (Å²) in [6.07, 6.45) is -5.78. The molecule has 5 rings (SSSR count). The predicted octanol–water partition coefficient (Wildman–Crippen LogP) is 0.318. The highest BCUT2D eigenvalue weighted by molar-refractivity contribution is 5.92. The molecule has 0 aromatic heterocycles. The lowest BCUT2D eigenvalue weighted by molar-refractivity contribution is -0.293. The van der Waals surface area contributed by atoms with E-state index in [1.165, 1.54) is 6.08 Å². The van der Waals surface area contributed by atoms with Crippen LogP contribution in [0.5, 0.6) is 0 Å². The highest BCUT2D eigenvalue weighted by Gasteiger charge is 2.86. The minimum Gasteiger partial charge on any atom is -0.467 e. The summed E-state index contributed by atoms with van der Waals surface area (Å²) in [7, 11) is 1.09. The van der Waals surface area contributed by atoms with Gasteiger partial charge in [-0.25, -0.2) is 14.4 Å². The van der Waals surface area contributed by atoms with Crippen molar-refractivity contribution < 1.29 is 53.4 Å². The predicted molar refractivity (Wildman–Crippen MR) is 131 cm³/mol. The van der Waals surface area contributed by atoms with E-state index < -0.39 is 88.4 Å². The maximum absolute atomic E-state index is 13.7. The normalized spacial score (nSPS) is 48.7. The molecule has 0 radical (unpaired) electrons. The molecule has 0 amide bonds. The number of aliphatic hydroxyl groups excluding tert-OH is 3. The molecular weight excluding hydrogens is 512 g/mol. The molecule has 2 saturated heterocycles. The second kappa shape index (κ2) is 9.09. The number of ketones is 1. The number of aliphatic hydroxyl groups is 3. The van der Waals surface area contributed by atoms with E-state index in [1.807, 2.05) is 20.8 Å². The largest absolute Gasteiger partial charge is 0.467 e. The number of rotatable bonds is 4. The minimum atomic E-state index is -2.25. The van der Waals surface area contributed by atoms with E-state index in [9.17, 15) is 34.5 Å². The van der Waals surface area contributed by atoms with Crippen LogP contribution in [0.1, 0.15) is 47.5 Å². The van der Waals surface area contributed by atoms with Gasteiger partial charge in [-0.2, -0.15) is 0 Å². The Labute approximate surface area is 226 Å². The molecule has 216 valence electrons. The number of hydrogen-bond donors (Lipinski definition) is 3. The number of ether oxygens (including phenoxy) is 4. The first kappa shape index (κ1) is 28.2. The molecule has 2 bridgehead atoms. The van der Waals surface area contributed by atoms with E-state index in [0.717, 1.165) is 7.11 Å². The quantitative estimate of drug-likeness (QED) is 0.251. The van der Waals surface area contributed by atoms with Gasteiger partial charge in [0, 0.05) is 22.8 Å². The summed E-state index contributed by atoms with van der Waals surface area (Å²) in [5.74, 6) is -6.19. The Bertz CT molecular complexity index is 1130. The van der Waals surface area contributed by atoms with Gasteiger partial charge >= 0.3 is 17.9 Å². The van der Waals surface area contributed by atoms with Crippen LogP contribution < -0.4 is 0 Å². The fourth-order valence-electron chi connectivity index (χ4n) is 8.71. The van der Waals surface area contributed by atoms with Crippen molar-refractivity contribution >= 4 is 23.7 Å². The van der Waals surface area contributed by atoms with Crippen molar-refractivity contribution in [2.24, 2.45) is 40.4 Å². The average Bonchev–Trinajstić information content (AvgIpc) is 3.18. The number of hydrogen-bond acceptors (Lipinski definition) is 11. The number of carbonyl (C=O) groups is 4. The number of fused-ring (bicyclic) bond motifs is 2. The second-order valence-electron chi connectivity index (χ2n) is 12.6. The van der Waals surface area contributed by atoms with Crippen LogP contribution in [0.4, 0.5) is 0 Å². The third kappa shape index (κ3) is 3.42. The molecule has 3 saturated carbocycles. The Balaban J connectivity index is 1.71. The Hall–Kier alpha value is -2.34. The van der Waals surface area contributed by atoms with Crippen LogP contribution in [0, 0.1) is 40.4 Å². The van der Waals surface area contributed by atoms with Gasteiger partial charge in [0.05, 0.1) is 25.7 Å². The monoisotopic (exact) mass is 550 g/mol. The fourth-order valence-corrected chi connectivity index (χ4v) is 8.71. The molecule has 39 heavy (non-hydrogen) atoms. The highest BCUT2D eigenvalue weighted by atomic mass is 16.6. The van der Waals surface area contributed by atoms with Crippen LogP contribution >= 0.6 is 0 Å². The first-order valence-corrected chi connectivity index (χ1v) is 13.6. The van der Waals surface area contributed by atoms with Gasteiger partial charge in [-0.05, 0) is 37.5 Å². The number of Topliss-reactive ketones (excluding diaryl/α,β-unsaturated/α-hetero) is 1. The molecular formula is C28H38O11. The lowest BCUT2D eigenvalue weighted by atomic mass is 9.37. The first-order chi connectivity index (χ1) is 18.2. The number of allylic oxidation sites excluding steroid dienone is 1. The summed E-state index contributed by atoms with van der Waals surface area (Å²) in [5, 5.41) is 34.0. The van der Waals surface area contributed by atoms with Gasteiger partial charge in [0.25, 0.3) is 0 Å². The van der Waals surface area contributed by atoms with Crippen LogP contribution in [-0.4, -0.2) is 88.8 Å². The van der Waals surface area contributed by atoms with E-state index in [1.54, 1.807) is 13.8 Å². The Morgan fingerprint density at radius 2 is 1.79 bits per heavy atom. The van der Waals surface area contributed by atoms with Crippen molar-refractivity contribution in [3.05, 3.63) is 11.6 Å². The number of methoxy groups -OCH3 is 1. The molecule has 0 unspecified atom stereocenters. The number of esters is 3. The van der Waals surface area contributed by atoms with Gasteiger partial charge in [0.2, 0.25) is 11.7 Å². The zero-order valence-corrected chi connectivity index (χ0v) is 23.1. The summed E-state index contributed by atoms with van der Waals surface area (Å²) in [6, 6.07) is 0. The molecule has 1 spiro atoms. The van der Waals surface area contributed by atoms with Gasteiger partial charge < -0.3 is 34.3 Å². The van der Waals surface area contributed by atoms with Gasteiger partial charge in [-0.3, -0.25) is 4.79 Å². The molecule has 5 aliphatic rings. The molecule has 5 fully saturated rings. The lowest BCUT2D eigenvalue weighted by Gasteiger charge is -2.67. The van der Waals surface area contributed by atoms with Crippen molar-refractivity contribution in [2.45, 2.75) is 83.6 Å². The number of carbonyl (C=O) groups excluding carboxylic acids is 4. The second-order valence-corrected chi connectivity index (χ2v) is 12.6. The maximum Gasteiger partial charge on any atom is 0.348 e. The van der Waals surface area contributed by atoms with E-state index in [2.05, 4.69) is 0 Å². The maximum atomic E-state index is 13.7. The zero-order chi connectivity index (χ0) is 28.8. The van der Waals surface area contributed by atoms with Gasteiger partial charge in [0.1, 0.15) is 18.3 Å². The van der Waals surface area contributed by atoms with Crippen molar-refractivity contribution in [1.82, 2.24) is 0 Å². The SMILES string of the molecule is COC(=O)[C@@]12OC[C@]34[C@H]([C@@H](O)[C@@H]1O)[C@@]1(C)C(=O)[C@@H](O)C[C@@H](C)[C@@H]1C[C@H]3OC(=O)[C@H](OC(=O)/C=C(\C)C(C)C)[C@@H]24. The zero-order valence-electron chi connectivity index (χ0n) is 23.1. The van der Waals surface area contributed by atoms with Crippen LogP contribution in [-0.2, 0) is 38.1 Å². The van der Waals surface area contributed by atoms with Gasteiger partial charge in [-0.15, -0.1) is 0 Å². The molecule has 0 aromatic rings. The Kier molecular flexibility index (Phi) is 6.57. The topological polar surface area (TPSA) is 166 Å². The van der Waals surface area contributed by atoms with E-state index >= 15 is 0 Å². The van der Waals surface area contributed by atoms with Crippen LogP contribution in [0.15, 0.2) is 11.6 Å². The standard InChI is InChI=1S/C28H38O11/c1-11(2)12(3)8-17(30)39-19-21-27-10-37-28(21,25(35)36-6)23(33)18(31)20(27)26(5)14(9-16(27)38-24(19)34)13(4)7-15(29)22(26)32/h8,11,13-16,18-21,23,29,31,33H,7,9-10H2,1-6H3/b12-8+/t13-,14+,15+,16-,18-,19-,20-,21-,23+,26+,27-,28+/m1/s1. The van der Waals surface area contributed by atoms with Crippen molar-refractivity contribution in [2.75, 3.05) is 13.7 Å². The molecule has 11 nitrogen and oxygen atoms in total. The van der Waals surface area contributed by atoms with Crippen LogP contribution in [0.25, 0.3) is 0 Å². The van der Waals surface area contributed by atoms with Crippen molar-refractivity contribution in [1.29, 1.82) is 0 Å². The lowest BCUT2D eigenvalue weighted by Crippen LogP contribution is -2.80. The molecule has 3 N–H and O–H groups in total. The van der Waals surface area contributed by atoms with Crippen molar-refractivity contribution in [3.8, 4) is 0 Å². The van der Waals surface area contributed by atoms with Crippen LogP contribution in [0.2, 0.25) is 0 Å². The molecule has 12 atom stereocenters. The molecule has 2 aliphatic heterocycles. The minimum absolute atomic E-state index is 0.0248. The van der Waals surface area contributed by atoms with Gasteiger partial charge in [-0.1, -0.05) is 33.3 Å². The molecule has 3 aliphatic carbocycles. The third-order valence-electron chi connectivity index (χ3n) is 10.7. The van der Waals surface area contributed by atoms with E-state index in [4.69, 9.17) is 18.9 Å². The Morgan fingerprint density at radius 3 is 2.41 bits per heavy atom. The summed E-state index contributed by atoms with van der Waals surface area (Å²) in [4.78, 5) is 53.6. The summed E-state index contributed by atoms with van der Waals surface area (Å²) < 4.78 is 22.7. The Morgan fingerprint density at radius 1 is 1.13 bits per heavy atom. The fraction of sp³-hybridized carbons (Fsp3) is 0.786. The molecule has 2 heterocycles.